The number of rotatable bonds is 8. The van der Waals surface area contributed by atoms with E-state index < -0.39 is 5.60 Å². The molecule has 1 heterocycles. The number of ether oxygens (including phenoxy) is 2. The summed E-state index contributed by atoms with van der Waals surface area (Å²) in [5.74, 6) is 0.668. The topological polar surface area (TPSA) is 72.5 Å². The first-order valence-electron chi connectivity index (χ1n) is 8.06. The lowest BCUT2D eigenvalue weighted by atomic mass is 10.2. The Hall–Kier alpha value is -1.82. The van der Waals surface area contributed by atoms with E-state index in [-0.39, 0.29) is 12.2 Å². The quantitative estimate of drug-likeness (QED) is 0.720. The van der Waals surface area contributed by atoms with Gasteiger partial charge in [-0.25, -0.2) is 9.78 Å². The molecule has 1 aromatic heterocycles. The summed E-state index contributed by atoms with van der Waals surface area (Å²) in [4.78, 5) is 15.7. The summed E-state index contributed by atoms with van der Waals surface area (Å²) >= 11 is 0. The second-order valence-electron chi connectivity index (χ2n) is 6.59. The Bertz CT molecular complexity index is 484. The van der Waals surface area contributed by atoms with E-state index in [9.17, 15) is 4.79 Å². The fourth-order valence-electron chi connectivity index (χ4n) is 1.83. The monoisotopic (exact) mass is 323 g/mol. The van der Waals surface area contributed by atoms with Gasteiger partial charge in [-0.3, -0.25) is 0 Å². The van der Waals surface area contributed by atoms with Gasteiger partial charge < -0.3 is 20.1 Å². The third kappa shape index (κ3) is 9.03. The van der Waals surface area contributed by atoms with E-state index in [1.54, 1.807) is 6.20 Å². The van der Waals surface area contributed by atoms with Crippen molar-refractivity contribution in [1.82, 2.24) is 15.6 Å². The summed E-state index contributed by atoms with van der Waals surface area (Å²) in [7, 11) is 0. The highest BCUT2D eigenvalue weighted by atomic mass is 16.6. The van der Waals surface area contributed by atoms with Gasteiger partial charge in [0.15, 0.2) is 0 Å². The van der Waals surface area contributed by atoms with Crippen LogP contribution in [0.3, 0.4) is 0 Å². The van der Waals surface area contributed by atoms with Crippen LogP contribution in [0.5, 0.6) is 5.88 Å². The van der Waals surface area contributed by atoms with Gasteiger partial charge in [0.25, 0.3) is 0 Å². The summed E-state index contributed by atoms with van der Waals surface area (Å²) in [6.45, 7) is 11.5. The predicted octanol–water partition coefficient (Wildman–Crippen LogP) is 2.87. The Morgan fingerprint density at radius 1 is 1.30 bits per heavy atom. The van der Waals surface area contributed by atoms with Crippen LogP contribution in [0, 0.1) is 0 Å². The Kier molecular flexibility index (Phi) is 7.81. The van der Waals surface area contributed by atoms with Crippen molar-refractivity contribution in [2.24, 2.45) is 0 Å². The van der Waals surface area contributed by atoms with Crippen molar-refractivity contribution < 1.29 is 14.3 Å². The Labute approximate surface area is 139 Å². The number of carbonyl (C=O) groups excluding carboxylic acids is 1. The van der Waals surface area contributed by atoms with Crippen molar-refractivity contribution in [1.29, 1.82) is 0 Å². The molecule has 6 heteroatoms. The van der Waals surface area contributed by atoms with Crippen LogP contribution in [0.4, 0.5) is 4.79 Å². The average Bonchev–Trinajstić information content (AvgIpc) is 2.41. The molecule has 1 aromatic rings. The maximum absolute atomic E-state index is 11.5. The van der Waals surface area contributed by atoms with Crippen molar-refractivity contribution in [2.45, 2.75) is 59.3 Å². The molecule has 0 radical (unpaired) electrons. The average molecular weight is 323 g/mol. The standard InChI is InChI=1S/C17H29N3O3/c1-13(2)22-15-14(8-6-10-19-15)12-18-9-7-11-20-16(21)23-17(3,4)5/h6,8,10,13,18H,7,9,11-12H2,1-5H3,(H,20,21). The summed E-state index contributed by atoms with van der Waals surface area (Å²) in [5, 5.41) is 6.06. The molecule has 0 atom stereocenters. The number of hydrogen-bond acceptors (Lipinski definition) is 5. The number of hydrogen-bond donors (Lipinski definition) is 2. The highest BCUT2D eigenvalue weighted by Gasteiger charge is 2.15. The van der Waals surface area contributed by atoms with Crippen LogP contribution in [0.15, 0.2) is 18.3 Å². The lowest BCUT2D eigenvalue weighted by Gasteiger charge is -2.19. The van der Waals surface area contributed by atoms with Crippen molar-refractivity contribution in [3.63, 3.8) is 0 Å². The molecule has 0 spiro atoms. The van der Waals surface area contributed by atoms with Crippen LogP contribution in [0.1, 0.15) is 46.6 Å². The van der Waals surface area contributed by atoms with E-state index in [1.807, 2.05) is 46.8 Å². The van der Waals surface area contributed by atoms with E-state index >= 15 is 0 Å². The molecule has 1 amide bonds. The second-order valence-corrected chi connectivity index (χ2v) is 6.59. The number of alkyl carbamates (subject to hydrolysis) is 1. The van der Waals surface area contributed by atoms with Crippen LogP contribution in [0.2, 0.25) is 0 Å². The third-order valence-electron chi connectivity index (χ3n) is 2.71. The smallest absolute Gasteiger partial charge is 0.407 e. The molecule has 0 aromatic carbocycles. The molecule has 6 nitrogen and oxygen atoms in total. The van der Waals surface area contributed by atoms with Crippen molar-refractivity contribution in [2.75, 3.05) is 13.1 Å². The summed E-state index contributed by atoms with van der Waals surface area (Å²) in [6, 6.07) is 3.89. The lowest BCUT2D eigenvalue weighted by molar-refractivity contribution is 0.0527. The molecule has 23 heavy (non-hydrogen) atoms. The van der Waals surface area contributed by atoms with Gasteiger partial charge in [-0.15, -0.1) is 0 Å². The van der Waals surface area contributed by atoms with Crippen LogP contribution in [-0.4, -0.2) is 35.9 Å². The first-order valence-corrected chi connectivity index (χ1v) is 8.06. The normalized spacial score (nSPS) is 11.4. The second kappa shape index (κ2) is 9.35. The molecule has 0 fully saturated rings. The van der Waals surface area contributed by atoms with Crippen molar-refractivity contribution in [3.05, 3.63) is 23.9 Å². The minimum absolute atomic E-state index is 0.0988. The van der Waals surface area contributed by atoms with Crippen LogP contribution >= 0.6 is 0 Å². The molecule has 0 aliphatic carbocycles. The Morgan fingerprint density at radius 3 is 2.70 bits per heavy atom. The zero-order chi connectivity index (χ0) is 17.3. The Morgan fingerprint density at radius 2 is 2.04 bits per heavy atom. The molecular formula is C17H29N3O3. The maximum Gasteiger partial charge on any atom is 0.407 e. The number of nitrogens with one attached hydrogen (secondary N) is 2. The van der Waals surface area contributed by atoms with E-state index in [0.29, 0.717) is 19.0 Å². The number of amides is 1. The highest BCUT2D eigenvalue weighted by molar-refractivity contribution is 5.67. The van der Waals surface area contributed by atoms with E-state index in [1.165, 1.54) is 0 Å². The third-order valence-corrected chi connectivity index (χ3v) is 2.71. The van der Waals surface area contributed by atoms with Crippen molar-refractivity contribution >= 4 is 6.09 Å². The van der Waals surface area contributed by atoms with Gasteiger partial charge in [-0.2, -0.15) is 0 Å². The fourth-order valence-corrected chi connectivity index (χ4v) is 1.83. The van der Waals surface area contributed by atoms with Gasteiger partial charge in [-0.05, 0) is 53.7 Å². The molecule has 0 unspecified atom stereocenters. The number of nitrogens with zero attached hydrogens (tertiary/aromatic N) is 1. The van der Waals surface area contributed by atoms with E-state index in [0.717, 1.165) is 18.5 Å². The van der Waals surface area contributed by atoms with Crippen LogP contribution in [0.25, 0.3) is 0 Å². The number of carbonyl (C=O) groups is 1. The van der Waals surface area contributed by atoms with Gasteiger partial charge >= 0.3 is 6.09 Å². The van der Waals surface area contributed by atoms with Gasteiger partial charge in [0, 0.05) is 24.8 Å². The molecule has 0 saturated heterocycles. The molecule has 0 aliphatic rings. The first kappa shape index (κ1) is 19.2. The van der Waals surface area contributed by atoms with Gasteiger partial charge in [0.2, 0.25) is 5.88 Å². The van der Waals surface area contributed by atoms with Crippen LogP contribution in [-0.2, 0) is 11.3 Å². The molecule has 1 rings (SSSR count). The van der Waals surface area contributed by atoms with Gasteiger partial charge in [0.1, 0.15) is 5.60 Å². The molecule has 0 aliphatic heterocycles. The Balaban J connectivity index is 2.22. The SMILES string of the molecule is CC(C)Oc1ncccc1CNCCCNC(=O)OC(C)(C)C. The number of pyridine rings is 1. The van der Waals surface area contributed by atoms with Gasteiger partial charge in [-0.1, -0.05) is 6.07 Å². The van der Waals surface area contributed by atoms with Gasteiger partial charge in [0.05, 0.1) is 6.10 Å². The highest BCUT2D eigenvalue weighted by Crippen LogP contribution is 2.15. The van der Waals surface area contributed by atoms with Crippen molar-refractivity contribution in [3.8, 4) is 5.88 Å². The van der Waals surface area contributed by atoms with E-state index in [2.05, 4.69) is 15.6 Å². The predicted molar refractivity (Wildman–Crippen MR) is 90.6 cm³/mol. The number of aromatic nitrogens is 1. The summed E-state index contributed by atoms with van der Waals surface area (Å²) in [6.07, 6.45) is 2.27. The summed E-state index contributed by atoms with van der Waals surface area (Å²) in [5.41, 5.74) is 0.566. The largest absolute Gasteiger partial charge is 0.475 e. The van der Waals surface area contributed by atoms with Crippen LogP contribution < -0.4 is 15.4 Å². The summed E-state index contributed by atoms with van der Waals surface area (Å²) < 4.78 is 10.8. The van der Waals surface area contributed by atoms with E-state index in [4.69, 9.17) is 9.47 Å². The molecule has 0 bridgehead atoms. The zero-order valence-electron chi connectivity index (χ0n) is 14.8. The minimum Gasteiger partial charge on any atom is -0.475 e. The minimum atomic E-state index is -0.463. The fraction of sp³-hybridized carbons (Fsp3) is 0.647. The molecular weight excluding hydrogens is 294 g/mol. The maximum atomic E-state index is 11.5. The molecule has 2 N–H and O–H groups in total. The lowest BCUT2D eigenvalue weighted by Crippen LogP contribution is -2.33. The first-order chi connectivity index (χ1) is 10.8. The zero-order valence-corrected chi connectivity index (χ0v) is 14.8. The molecule has 0 saturated carbocycles. The molecule has 130 valence electrons.